The summed E-state index contributed by atoms with van der Waals surface area (Å²) < 4.78 is 0. The molecule has 0 aliphatic carbocycles. The molecule has 0 bridgehead atoms. The summed E-state index contributed by atoms with van der Waals surface area (Å²) in [6, 6.07) is 16.6. The Hall–Kier alpha value is -3.19. The highest BCUT2D eigenvalue weighted by Crippen LogP contribution is 2.23. The van der Waals surface area contributed by atoms with Crippen LogP contribution in [0.1, 0.15) is 23.2 Å². The van der Waals surface area contributed by atoms with Gasteiger partial charge in [0, 0.05) is 25.1 Å². The number of carbonyl (C=O) groups is 2. The predicted octanol–water partition coefficient (Wildman–Crippen LogP) is 2.07. The van der Waals surface area contributed by atoms with Crippen molar-refractivity contribution in [1.82, 2.24) is 10.2 Å². The van der Waals surface area contributed by atoms with Crippen LogP contribution < -0.4 is 5.32 Å². The molecule has 0 saturated carbocycles. The summed E-state index contributed by atoms with van der Waals surface area (Å²) >= 11 is 0. The van der Waals surface area contributed by atoms with Crippen molar-refractivity contribution >= 4 is 17.5 Å². The van der Waals surface area contributed by atoms with E-state index in [1.54, 1.807) is 12.1 Å². The number of aliphatic hydroxyl groups is 1. The normalized spacial score (nSPS) is 17.4. The molecule has 3 rings (SSSR count). The number of nitrogens with zero attached hydrogens (tertiary/aromatic N) is 2. The maximum absolute atomic E-state index is 13.1. The molecule has 1 aliphatic heterocycles. The van der Waals surface area contributed by atoms with Gasteiger partial charge in [-0.1, -0.05) is 47.6 Å². The molecular weight excluding hydrogens is 370 g/mol. The van der Waals surface area contributed by atoms with Gasteiger partial charge in [0.15, 0.2) is 0 Å². The van der Waals surface area contributed by atoms with E-state index in [9.17, 15) is 9.59 Å². The van der Waals surface area contributed by atoms with E-state index in [1.165, 1.54) is 12.0 Å². The number of nitrogens with one attached hydrogen (secondary N) is 1. The predicted molar refractivity (Wildman–Crippen MR) is 110 cm³/mol. The molecule has 2 aromatic rings. The standard InChI is InChI=1S/C22H25N3O4/c1-29-24-19-14-20(21(27)23-12-5-13-26)25(15-19)22(28)18-10-8-17(9-11-18)16-6-3-2-4-7-16/h2-4,6-11,20,26H,5,12-15H2,1H3,(H,23,27)/b24-19-/t20-/m0/s1. The third-order valence-electron chi connectivity index (χ3n) is 4.82. The maximum atomic E-state index is 13.1. The first-order valence-electron chi connectivity index (χ1n) is 9.58. The van der Waals surface area contributed by atoms with Crippen LogP contribution in [0, 0.1) is 0 Å². The molecule has 1 atom stereocenters. The summed E-state index contributed by atoms with van der Waals surface area (Å²) in [5.41, 5.74) is 3.24. The first kappa shape index (κ1) is 20.5. The second-order valence-corrected chi connectivity index (χ2v) is 6.80. The van der Waals surface area contributed by atoms with Crippen molar-refractivity contribution in [2.24, 2.45) is 5.16 Å². The van der Waals surface area contributed by atoms with E-state index >= 15 is 0 Å². The van der Waals surface area contributed by atoms with Crippen molar-refractivity contribution in [3.63, 3.8) is 0 Å². The minimum absolute atomic E-state index is 0.00224. The molecule has 152 valence electrons. The summed E-state index contributed by atoms with van der Waals surface area (Å²) in [5.74, 6) is -0.484. The van der Waals surface area contributed by atoms with Crippen LogP contribution in [0.25, 0.3) is 11.1 Å². The highest BCUT2D eigenvalue weighted by atomic mass is 16.6. The van der Waals surface area contributed by atoms with Crippen LogP contribution in [-0.2, 0) is 9.63 Å². The van der Waals surface area contributed by atoms with Gasteiger partial charge < -0.3 is 20.2 Å². The number of oxime groups is 1. The molecule has 7 nitrogen and oxygen atoms in total. The summed E-state index contributed by atoms with van der Waals surface area (Å²) in [6.07, 6.45) is 0.791. The van der Waals surface area contributed by atoms with E-state index in [0.29, 0.717) is 30.7 Å². The fraction of sp³-hybridized carbons (Fsp3) is 0.318. The number of hydrogen-bond donors (Lipinski definition) is 2. The molecule has 0 radical (unpaired) electrons. The van der Waals surface area contributed by atoms with Crippen LogP contribution in [0.4, 0.5) is 0 Å². The zero-order valence-corrected chi connectivity index (χ0v) is 16.4. The quantitative estimate of drug-likeness (QED) is 0.555. The van der Waals surface area contributed by atoms with Gasteiger partial charge >= 0.3 is 0 Å². The van der Waals surface area contributed by atoms with Crippen LogP contribution >= 0.6 is 0 Å². The lowest BCUT2D eigenvalue weighted by atomic mass is 10.0. The molecule has 0 unspecified atom stereocenters. The van der Waals surface area contributed by atoms with E-state index in [0.717, 1.165) is 11.1 Å². The second kappa shape index (κ2) is 9.84. The zero-order chi connectivity index (χ0) is 20.6. The van der Waals surface area contributed by atoms with E-state index < -0.39 is 6.04 Å². The van der Waals surface area contributed by atoms with Gasteiger partial charge in [0.1, 0.15) is 13.2 Å². The maximum Gasteiger partial charge on any atom is 0.254 e. The molecule has 1 aliphatic rings. The Morgan fingerprint density at radius 2 is 1.83 bits per heavy atom. The molecular formula is C22H25N3O4. The van der Waals surface area contributed by atoms with Gasteiger partial charge in [-0.3, -0.25) is 9.59 Å². The monoisotopic (exact) mass is 395 g/mol. The lowest BCUT2D eigenvalue weighted by Gasteiger charge is -2.23. The van der Waals surface area contributed by atoms with Crippen molar-refractivity contribution < 1.29 is 19.5 Å². The smallest absolute Gasteiger partial charge is 0.254 e. The Labute approximate surface area is 170 Å². The van der Waals surface area contributed by atoms with Gasteiger partial charge in [-0.25, -0.2) is 0 Å². The van der Waals surface area contributed by atoms with E-state index in [-0.39, 0.29) is 25.0 Å². The number of amides is 2. The number of likely N-dealkylation sites (tertiary alicyclic amines) is 1. The Morgan fingerprint density at radius 3 is 2.48 bits per heavy atom. The highest BCUT2D eigenvalue weighted by molar-refractivity contribution is 6.05. The first-order chi connectivity index (χ1) is 14.1. The highest BCUT2D eigenvalue weighted by Gasteiger charge is 2.38. The number of carbonyl (C=O) groups excluding carboxylic acids is 2. The minimum Gasteiger partial charge on any atom is -0.399 e. The summed E-state index contributed by atoms with van der Waals surface area (Å²) in [4.78, 5) is 32.0. The van der Waals surface area contributed by atoms with Crippen molar-refractivity contribution in [3.8, 4) is 11.1 Å². The van der Waals surface area contributed by atoms with Crippen LogP contribution in [0.15, 0.2) is 59.8 Å². The summed E-state index contributed by atoms with van der Waals surface area (Å²) in [5, 5.41) is 15.6. The molecule has 1 heterocycles. The number of rotatable bonds is 7. The second-order valence-electron chi connectivity index (χ2n) is 6.80. The Bertz CT molecular complexity index is 865. The SMILES string of the molecule is CO/N=C1/C[C@@H](C(=O)NCCCO)N(C(=O)c2ccc(-c3ccccc3)cc2)C1. The molecule has 0 spiro atoms. The van der Waals surface area contributed by atoms with Gasteiger partial charge in [-0.2, -0.15) is 0 Å². The zero-order valence-electron chi connectivity index (χ0n) is 16.4. The van der Waals surface area contributed by atoms with Crippen LogP contribution in [0.2, 0.25) is 0 Å². The first-order valence-corrected chi connectivity index (χ1v) is 9.58. The van der Waals surface area contributed by atoms with Gasteiger partial charge in [0.25, 0.3) is 5.91 Å². The summed E-state index contributed by atoms with van der Waals surface area (Å²) in [6.45, 7) is 0.597. The van der Waals surface area contributed by atoms with Crippen molar-refractivity contribution in [3.05, 3.63) is 60.2 Å². The van der Waals surface area contributed by atoms with Crippen molar-refractivity contribution in [2.75, 3.05) is 26.8 Å². The van der Waals surface area contributed by atoms with Gasteiger partial charge in [0.2, 0.25) is 5.91 Å². The molecule has 1 saturated heterocycles. The summed E-state index contributed by atoms with van der Waals surface area (Å²) in [7, 11) is 1.44. The van der Waals surface area contributed by atoms with Crippen LogP contribution in [0.5, 0.6) is 0 Å². The fourth-order valence-electron chi connectivity index (χ4n) is 3.36. The van der Waals surface area contributed by atoms with Gasteiger partial charge in [0.05, 0.1) is 12.3 Å². The van der Waals surface area contributed by atoms with Crippen LogP contribution in [-0.4, -0.2) is 60.4 Å². The van der Waals surface area contributed by atoms with E-state index in [4.69, 9.17) is 9.94 Å². The third kappa shape index (κ3) is 5.00. The van der Waals surface area contributed by atoms with E-state index in [1.807, 2.05) is 42.5 Å². The Morgan fingerprint density at radius 1 is 1.14 bits per heavy atom. The third-order valence-corrected chi connectivity index (χ3v) is 4.82. The molecule has 2 N–H and O–H groups in total. The lowest BCUT2D eigenvalue weighted by molar-refractivity contribution is -0.124. The fourth-order valence-corrected chi connectivity index (χ4v) is 3.36. The minimum atomic E-state index is -0.649. The number of benzene rings is 2. The van der Waals surface area contributed by atoms with Gasteiger partial charge in [-0.05, 0) is 29.7 Å². The molecule has 1 fully saturated rings. The number of hydrogen-bond acceptors (Lipinski definition) is 5. The Kier molecular flexibility index (Phi) is 6.97. The molecule has 0 aromatic heterocycles. The Balaban J connectivity index is 1.77. The van der Waals surface area contributed by atoms with Gasteiger partial charge in [-0.15, -0.1) is 0 Å². The average Bonchev–Trinajstić information content (AvgIpc) is 3.18. The largest absolute Gasteiger partial charge is 0.399 e. The van der Waals surface area contributed by atoms with Crippen LogP contribution in [0.3, 0.4) is 0 Å². The molecule has 29 heavy (non-hydrogen) atoms. The van der Waals surface area contributed by atoms with E-state index in [2.05, 4.69) is 10.5 Å². The van der Waals surface area contributed by atoms with Crippen molar-refractivity contribution in [1.29, 1.82) is 0 Å². The molecule has 2 amide bonds. The van der Waals surface area contributed by atoms with Crippen molar-refractivity contribution in [2.45, 2.75) is 18.9 Å². The topological polar surface area (TPSA) is 91.2 Å². The average molecular weight is 395 g/mol. The lowest BCUT2D eigenvalue weighted by Crippen LogP contribution is -2.46. The molecule has 2 aromatic carbocycles. The number of aliphatic hydroxyl groups excluding tert-OH is 1. The molecule has 7 heteroatoms.